The molecule has 0 radical (unpaired) electrons. The van der Waals surface area contributed by atoms with Gasteiger partial charge in [0, 0.05) is 4.47 Å². The summed E-state index contributed by atoms with van der Waals surface area (Å²) in [6.45, 7) is 0. The van der Waals surface area contributed by atoms with E-state index in [2.05, 4.69) is 22.0 Å². The Morgan fingerprint density at radius 2 is 1.95 bits per heavy atom. The lowest BCUT2D eigenvalue weighted by atomic mass is 10.1. The highest BCUT2D eigenvalue weighted by Gasteiger charge is 2.06. The summed E-state index contributed by atoms with van der Waals surface area (Å²) in [5, 5.41) is 17.7. The smallest absolute Gasteiger partial charge is 0.307 e. The zero-order valence-corrected chi connectivity index (χ0v) is 11.9. The first-order valence-electron chi connectivity index (χ1n) is 5.77. The molecule has 2 aromatic carbocycles. The molecule has 4 nitrogen and oxygen atoms in total. The molecular formula is C15H10BrNO3. The van der Waals surface area contributed by atoms with Gasteiger partial charge >= 0.3 is 5.97 Å². The van der Waals surface area contributed by atoms with E-state index < -0.39 is 5.97 Å². The van der Waals surface area contributed by atoms with Crippen molar-refractivity contribution >= 4 is 21.9 Å². The summed E-state index contributed by atoms with van der Waals surface area (Å²) in [6, 6.07) is 14.0. The third-order valence-corrected chi connectivity index (χ3v) is 3.06. The maximum atomic E-state index is 10.6. The largest absolute Gasteiger partial charge is 0.481 e. The molecule has 100 valence electrons. The molecule has 5 heteroatoms. The average molecular weight is 332 g/mol. The molecule has 0 bridgehead atoms. The molecule has 0 spiro atoms. The third-order valence-electron chi connectivity index (χ3n) is 2.57. The number of aliphatic carboxylic acids is 1. The number of carbonyl (C=O) groups is 1. The van der Waals surface area contributed by atoms with Gasteiger partial charge in [-0.2, -0.15) is 5.26 Å². The van der Waals surface area contributed by atoms with Crippen molar-refractivity contribution in [3.05, 3.63) is 58.1 Å². The molecule has 20 heavy (non-hydrogen) atoms. The lowest BCUT2D eigenvalue weighted by molar-refractivity contribution is -0.136. The van der Waals surface area contributed by atoms with Gasteiger partial charge in [-0.15, -0.1) is 0 Å². The maximum absolute atomic E-state index is 10.6. The summed E-state index contributed by atoms with van der Waals surface area (Å²) in [5.74, 6) is 0.137. The van der Waals surface area contributed by atoms with Gasteiger partial charge in [0.2, 0.25) is 0 Å². The highest BCUT2D eigenvalue weighted by molar-refractivity contribution is 9.10. The van der Waals surface area contributed by atoms with E-state index >= 15 is 0 Å². The second-order valence-corrected chi connectivity index (χ2v) is 4.98. The second-order valence-electron chi connectivity index (χ2n) is 4.07. The Hall–Kier alpha value is -2.32. The van der Waals surface area contributed by atoms with Crippen LogP contribution in [0, 0.1) is 11.3 Å². The summed E-state index contributed by atoms with van der Waals surface area (Å²) in [7, 11) is 0. The first kappa shape index (κ1) is 14.1. The van der Waals surface area contributed by atoms with Gasteiger partial charge in [-0.25, -0.2) is 0 Å². The molecule has 0 unspecified atom stereocenters. The third kappa shape index (κ3) is 3.59. The molecule has 0 aliphatic rings. The monoisotopic (exact) mass is 331 g/mol. The molecule has 0 saturated heterocycles. The molecular weight excluding hydrogens is 322 g/mol. The first-order valence-corrected chi connectivity index (χ1v) is 6.56. The maximum Gasteiger partial charge on any atom is 0.307 e. The predicted octanol–water partition coefficient (Wildman–Crippen LogP) is 3.74. The van der Waals surface area contributed by atoms with Crippen molar-refractivity contribution in [1.82, 2.24) is 0 Å². The number of halogens is 1. The normalized spacial score (nSPS) is 9.80. The van der Waals surface area contributed by atoms with Gasteiger partial charge in [-0.05, 0) is 35.9 Å². The van der Waals surface area contributed by atoms with E-state index in [0.717, 1.165) is 4.47 Å². The summed E-state index contributed by atoms with van der Waals surface area (Å²) < 4.78 is 6.43. The van der Waals surface area contributed by atoms with E-state index in [9.17, 15) is 4.79 Å². The standard InChI is InChI=1S/C15H10BrNO3/c16-12-3-6-14(11(8-12)9-17)20-13-4-1-10(2-5-13)7-15(18)19/h1-6,8H,7H2,(H,18,19). The molecule has 1 N–H and O–H groups in total. The number of rotatable bonds is 4. The van der Waals surface area contributed by atoms with Crippen LogP contribution in [0.4, 0.5) is 0 Å². The van der Waals surface area contributed by atoms with Crippen molar-refractivity contribution in [3.63, 3.8) is 0 Å². The zero-order valence-electron chi connectivity index (χ0n) is 10.3. The van der Waals surface area contributed by atoms with Crippen LogP contribution in [-0.4, -0.2) is 11.1 Å². The van der Waals surface area contributed by atoms with Gasteiger partial charge in [0.1, 0.15) is 17.6 Å². The van der Waals surface area contributed by atoms with Crippen LogP contribution in [0.15, 0.2) is 46.9 Å². The van der Waals surface area contributed by atoms with Crippen LogP contribution in [-0.2, 0) is 11.2 Å². The Bertz CT molecular complexity index is 675. The molecule has 0 heterocycles. The van der Waals surface area contributed by atoms with E-state index in [4.69, 9.17) is 15.1 Å². The van der Waals surface area contributed by atoms with Crippen LogP contribution in [0.5, 0.6) is 11.5 Å². The SMILES string of the molecule is N#Cc1cc(Br)ccc1Oc1ccc(CC(=O)O)cc1. The van der Waals surface area contributed by atoms with E-state index in [1.807, 2.05) is 0 Å². The highest BCUT2D eigenvalue weighted by atomic mass is 79.9. The number of hydrogen-bond donors (Lipinski definition) is 1. The summed E-state index contributed by atoms with van der Waals surface area (Å²) in [6.07, 6.45) is -0.0258. The number of ether oxygens (including phenoxy) is 1. The lowest BCUT2D eigenvalue weighted by Gasteiger charge is -2.08. The van der Waals surface area contributed by atoms with E-state index in [-0.39, 0.29) is 6.42 Å². The molecule has 0 aliphatic heterocycles. The van der Waals surface area contributed by atoms with Gasteiger partial charge in [-0.3, -0.25) is 4.79 Å². The number of benzene rings is 2. The van der Waals surface area contributed by atoms with Crippen LogP contribution < -0.4 is 4.74 Å². The Morgan fingerprint density at radius 1 is 1.25 bits per heavy atom. The van der Waals surface area contributed by atoms with Gasteiger partial charge in [0.15, 0.2) is 0 Å². The van der Waals surface area contributed by atoms with Crippen LogP contribution in [0.3, 0.4) is 0 Å². The zero-order chi connectivity index (χ0) is 14.5. The molecule has 0 fully saturated rings. The minimum absolute atomic E-state index is 0.0258. The Balaban J connectivity index is 2.18. The predicted molar refractivity (Wildman–Crippen MR) is 76.7 cm³/mol. The van der Waals surface area contributed by atoms with Crippen LogP contribution in [0.1, 0.15) is 11.1 Å². The fraction of sp³-hybridized carbons (Fsp3) is 0.0667. The van der Waals surface area contributed by atoms with Gasteiger partial charge in [0.25, 0.3) is 0 Å². The van der Waals surface area contributed by atoms with Crippen molar-refractivity contribution in [2.75, 3.05) is 0 Å². The molecule has 0 atom stereocenters. The van der Waals surface area contributed by atoms with Crippen molar-refractivity contribution in [3.8, 4) is 17.6 Å². The molecule has 0 aliphatic carbocycles. The molecule has 0 amide bonds. The number of nitrogens with zero attached hydrogens (tertiary/aromatic N) is 1. The molecule has 2 aromatic rings. The van der Waals surface area contributed by atoms with E-state index in [1.54, 1.807) is 42.5 Å². The quantitative estimate of drug-likeness (QED) is 0.926. The highest BCUT2D eigenvalue weighted by Crippen LogP contribution is 2.27. The molecule has 2 rings (SSSR count). The van der Waals surface area contributed by atoms with Crippen LogP contribution in [0.2, 0.25) is 0 Å². The van der Waals surface area contributed by atoms with Crippen LogP contribution in [0.25, 0.3) is 0 Å². The number of hydrogen-bond acceptors (Lipinski definition) is 3. The van der Waals surface area contributed by atoms with Gasteiger partial charge in [0.05, 0.1) is 12.0 Å². The summed E-state index contributed by atoms with van der Waals surface area (Å²) in [4.78, 5) is 10.6. The number of carboxylic acids is 1. The van der Waals surface area contributed by atoms with E-state index in [0.29, 0.717) is 22.6 Å². The van der Waals surface area contributed by atoms with Crippen molar-refractivity contribution in [2.45, 2.75) is 6.42 Å². The Morgan fingerprint density at radius 3 is 2.55 bits per heavy atom. The fourth-order valence-electron chi connectivity index (χ4n) is 1.66. The Labute approximate surface area is 124 Å². The van der Waals surface area contributed by atoms with E-state index in [1.165, 1.54) is 0 Å². The lowest BCUT2D eigenvalue weighted by Crippen LogP contribution is -1.99. The summed E-state index contributed by atoms with van der Waals surface area (Å²) in [5.41, 5.74) is 1.12. The second kappa shape index (κ2) is 6.22. The number of nitriles is 1. The minimum atomic E-state index is -0.877. The molecule has 0 aromatic heterocycles. The fourth-order valence-corrected chi connectivity index (χ4v) is 2.02. The van der Waals surface area contributed by atoms with Crippen molar-refractivity contribution < 1.29 is 14.6 Å². The molecule has 0 saturated carbocycles. The minimum Gasteiger partial charge on any atom is -0.481 e. The number of carboxylic acid groups (broad SMARTS) is 1. The summed E-state index contributed by atoms with van der Waals surface area (Å²) >= 11 is 3.29. The van der Waals surface area contributed by atoms with Crippen molar-refractivity contribution in [1.29, 1.82) is 5.26 Å². The first-order chi connectivity index (χ1) is 9.58. The van der Waals surface area contributed by atoms with Gasteiger partial charge < -0.3 is 9.84 Å². The average Bonchev–Trinajstić information content (AvgIpc) is 2.42. The van der Waals surface area contributed by atoms with Crippen molar-refractivity contribution in [2.24, 2.45) is 0 Å². The van der Waals surface area contributed by atoms with Crippen LogP contribution >= 0.6 is 15.9 Å². The topological polar surface area (TPSA) is 70.3 Å². The Kier molecular flexibility index (Phi) is 4.38. The van der Waals surface area contributed by atoms with Gasteiger partial charge in [-0.1, -0.05) is 28.1 Å².